The topological polar surface area (TPSA) is 58.9 Å². The van der Waals surface area contributed by atoms with Gasteiger partial charge in [0, 0.05) is 0 Å². The van der Waals surface area contributed by atoms with Crippen molar-refractivity contribution in [1.82, 2.24) is 0 Å². The Balaban J connectivity index is 2.12. The van der Waals surface area contributed by atoms with Crippen molar-refractivity contribution >= 4 is 11.7 Å². The number of fused-ring (bicyclic) bond motifs is 1. The molecule has 2 aliphatic rings. The minimum Gasteiger partial charge on any atom is -0.477 e. The predicted molar refractivity (Wildman–Crippen MR) is 46.5 cm³/mol. The van der Waals surface area contributed by atoms with E-state index < -0.39 is 5.97 Å². The zero-order valence-corrected chi connectivity index (χ0v) is 7.40. The monoisotopic (exact) mass is 183 g/mol. The summed E-state index contributed by atoms with van der Waals surface area (Å²) in [5.74, 6) is -0.880. The zero-order chi connectivity index (χ0) is 9.26. The van der Waals surface area contributed by atoms with Gasteiger partial charge in [-0.1, -0.05) is 18.0 Å². The lowest BCUT2D eigenvalue weighted by atomic mass is 9.93. The van der Waals surface area contributed by atoms with Crippen molar-refractivity contribution in [2.45, 2.75) is 38.2 Å². The molecule has 1 fully saturated rings. The Morgan fingerprint density at radius 3 is 2.92 bits per heavy atom. The molecule has 2 rings (SSSR count). The molecule has 72 valence electrons. The van der Waals surface area contributed by atoms with Crippen molar-refractivity contribution in [3.05, 3.63) is 0 Å². The van der Waals surface area contributed by atoms with E-state index in [9.17, 15) is 4.79 Å². The fraction of sp³-hybridized carbons (Fsp3) is 0.778. The van der Waals surface area contributed by atoms with Gasteiger partial charge < -0.3 is 9.94 Å². The van der Waals surface area contributed by atoms with Crippen LogP contribution in [0.5, 0.6) is 0 Å². The lowest BCUT2D eigenvalue weighted by Crippen LogP contribution is -2.27. The Morgan fingerprint density at radius 1 is 1.38 bits per heavy atom. The Morgan fingerprint density at radius 2 is 2.15 bits per heavy atom. The van der Waals surface area contributed by atoms with Crippen LogP contribution in [0.3, 0.4) is 0 Å². The first kappa shape index (κ1) is 8.53. The summed E-state index contributed by atoms with van der Waals surface area (Å²) < 4.78 is 0. The van der Waals surface area contributed by atoms with Gasteiger partial charge >= 0.3 is 5.97 Å². The average Bonchev–Trinajstić information content (AvgIpc) is 2.36. The van der Waals surface area contributed by atoms with Crippen LogP contribution in [0.25, 0.3) is 0 Å². The lowest BCUT2D eigenvalue weighted by Gasteiger charge is -2.12. The van der Waals surface area contributed by atoms with Gasteiger partial charge in [0.1, 0.15) is 6.10 Å². The largest absolute Gasteiger partial charge is 0.477 e. The van der Waals surface area contributed by atoms with E-state index in [0.29, 0.717) is 0 Å². The van der Waals surface area contributed by atoms with Crippen molar-refractivity contribution in [2.24, 2.45) is 11.1 Å². The molecule has 1 aliphatic carbocycles. The highest BCUT2D eigenvalue weighted by Gasteiger charge is 2.38. The first-order valence-electron chi connectivity index (χ1n) is 4.76. The highest BCUT2D eigenvalue weighted by molar-refractivity contribution is 6.36. The van der Waals surface area contributed by atoms with Crippen molar-refractivity contribution in [3.63, 3.8) is 0 Å². The minimum atomic E-state index is -0.922. The van der Waals surface area contributed by atoms with Crippen LogP contribution in [0, 0.1) is 5.92 Å². The van der Waals surface area contributed by atoms with Gasteiger partial charge in [-0.2, -0.15) is 0 Å². The molecule has 1 N–H and O–H groups in total. The van der Waals surface area contributed by atoms with Gasteiger partial charge in [0.05, 0.1) is 5.92 Å². The summed E-state index contributed by atoms with van der Waals surface area (Å²) in [6, 6.07) is 0. The molecule has 0 aromatic rings. The number of hydrogen-bond acceptors (Lipinski definition) is 3. The van der Waals surface area contributed by atoms with E-state index in [1.54, 1.807) is 0 Å². The molecule has 1 heterocycles. The molecule has 0 radical (unpaired) electrons. The third-order valence-corrected chi connectivity index (χ3v) is 2.81. The van der Waals surface area contributed by atoms with E-state index in [4.69, 9.17) is 9.94 Å². The maximum Gasteiger partial charge on any atom is 0.354 e. The number of carboxylic acids is 1. The van der Waals surface area contributed by atoms with Gasteiger partial charge in [-0.05, 0) is 19.3 Å². The molecule has 0 unspecified atom stereocenters. The fourth-order valence-electron chi connectivity index (χ4n) is 2.10. The van der Waals surface area contributed by atoms with Crippen LogP contribution >= 0.6 is 0 Å². The van der Waals surface area contributed by atoms with E-state index in [2.05, 4.69) is 5.16 Å². The minimum absolute atomic E-state index is 0.0357. The van der Waals surface area contributed by atoms with Crippen molar-refractivity contribution in [3.8, 4) is 0 Å². The van der Waals surface area contributed by atoms with Crippen LogP contribution in [0.4, 0.5) is 0 Å². The van der Waals surface area contributed by atoms with Crippen LogP contribution in [0.1, 0.15) is 32.1 Å². The second-order valence-electron chi connectivity index (χ2n) is 3.67. The molecule has 0 saturated heterocycles. The summed E-state index contributed by atoms with van der Waals surface area (Å²) in [5, 5.41) is 12.5. The van der Waals surface area contributed by atoms with Gasteiger partial charge in [-0.3, -0.25) is 0 Å². The number of oxime groups is 1. The van der Waals surface area contributed by atoms with Crippen molar-refractivity contribution in [1.29, 1.82) is 0 Å². The van der Waals surface area contributed by atoms with Gasteiger partial charge in [0.15, 0.2) is 5.71 Å². The summed E-state index contributed by atoms with van der Waals surface area (Å²) in [7, 11) is 0. The maximum atomic E-state index is 10.8. The van der Waals surface area contributed by atoms with E-state index in [-0.39, 0.29) is 17.7 Å². The molecule has 13 heavy (non-hydrogen) atoms. The second kappa shape index (κ2) is 3.36. The highest BCUT2D eigenvalue weighted by Crippen LogP contribution is 2.31. The summed E-state index contributed by atoms with van der Waals surface area (Å²) >= 11 is 0. The van der Waals surface area contributed by atoms with Crippen LogP contribution in [-0.4, -0.2) is 22.9 Å². The summed E-state index contributed by atoms with van der Waals surface area (Å²) in [6.45, 7) is 0. The fourth-order valence-corrected chi connectivity index (χ4v) is 2.10. The number of hydrogen-bond donors (Lipinski definition) is 1. The quantitative estimate of drug-likeness (QED) is 0.668. The number of nitrogens with zero attached hydrogens (tertiary/aromatic N) is 1. The second-order valence-corrected chi connectivity index (χ2v) is 3.67. The normalized spacial score (nSPS) is 32.8. The standard InChI is InChI=1S/C9H13NO3/c11-9(12)8-6-4-2-1-3-5-7(6)13-10-8/h6-7H,1-5H2,(H,11,12)/t6-,7-/m0/s1. The smallest absolute Gasteiger partial charge is 0.354 e. The van der Waals surface area contributed by atoms with E-state index in [0.717, 1.165) is 25.7 Å². The van der Waals surface area contributed by atoms with Gasteiger partial charge in [-0.15, -0.1) is 0 Å². The molecule has 2 atom stereocenters. The van der Waals surface area contributed by atoms with Crippen molar-refractivity contribution in [2.75, 3.05) is 0 Å². The molecule has 0 aromatic heterocycles. The maximum absolute atomic E-state index is 10.8. The number of carbonyl (C=O) groups is 1. The van der Waals surface area contributed by atoms with Crippen LogP contribution in [0.15, 0.2) is 5.16 Å². The molecule has 0 spiro atoms. The highest BCUT2D eigenvalue weighted by atomic mass is 16.6. The summed E-state index contributed by atoms with van der Waals surface area (Å²) in [6.07, 6.45) is 5.30. The van der Waals surface area contributed by atoms with Gasteiger partial charge in [-0.25, -0.2) is 4.79 Å². The molecule has 0 aromatic carbocycles. The van der Waals surface area contributed by atoms with E-state index in [1.807, 2.05) is 0 Å². The third kappa shape index (κ3) is 1.53. The first-order chi connectivity index (χ1) is 6.29. The van der Waals surface area contributed by atoms with Crippen molar-refractivity contribution < 1.29 is 14.7 Å². The van der Waals surface area contributed by atoms with Gasteiger partial charge in [0.25, 0.3) is 0 Å². The van der Waals surface area contributed by atoms with E-state index in [1.165, 1.54) is 6.42 Å². The molecule has 4 heteroatoms. The molecular weight excluding hydrogens is 170 g/mol. The first-order valence-corrected chi connectivity index (χ1v) is 4.76. The molecular formula is C9H13NO3. The molecule has 1 saturated carbocycles. The molecule has 1 aliphatic heterocycles. The molecule has 0 bridgehead atoms. The summed E-state index contributed by atoms with van der Waals surface area (Å²) in [4.78, 5) is 15.9. The Labute approximate surface area is 76.6 Å². The van der Waals surface area contributed by atoms with Crippen LogP contribution < -0.4 is 0 Å². The van der Waals surface area contributed by atoms with E-state index >= 15 is 0 Å². The Bertz CT molecular complexity index is 249. The third-order valence-electron chi connectivity index (χ3n) is 2.81. The molecule has 4 nitrogen and oxygen atoms in total. The SMILES string of the molecule is O=C(O)C1=NO[C@H]2CCCCC[C@H]12. The van der Waals surface area contributed by atoms with Crippen LogP contribution in [-0.2, 0) is 9.63 Å². The predicted octanol–water partition coefficient (Wildman–Crippen LogP) is 1.41. The number of carboxylic acid groups (broad SMARTS) is 1. The number of aliphatic carboxylic acids is 1. The number of rotatable bonds is 1. The average molecular weight is 183 g/mol. The Hall–Kier alpha value is -1.06. The van der Waals surface area contributed by atoms with Gasteiger partial charge in [0.2, 0.25) is 0 Å². The van der Waals surface area contributed by atoms with Crippen LogP contribution in [0.2, 0.25) is 0 Å². The molecule has 0 amide bonds. The Kier molecular flexibility index (Phi) is 2.20. The lowest BCUT2D eigenvalue weighted by molar-refractivity contribution is -0.129. The summed E-state index contributed by atoms with van der Waals surface area (Å²) in [5.41, 5.74) is 0.229. The zero-order valence-electron chi connectivity index (χ0n) is 7.40.